The van der Waals surface area contributed by atoms with Gasteiger partial charge < -0.3 is 25.2 Å². The molecule has 10 heteroatoms. The fraction of sp³-hybridized carbons (Fsp3) is 0.346. The Bertz CT molecular complexity index is 1260. The van der Waals surface area contributed by atoms with Crippen molar-refractivity contribution in [3.8, 4) is 17.6 Å². The van der Waals surface area contributed by atoms with Crippen LogP contribution in [-0.4, -0.2) is 61.9 Å². The molecule has 2 aromatic rings. The number of hydrogen-bond acceptors (Lipinski definition) is 8. The molecule has 0 spiro atoms. The highest BCUT2D eigenvalue weighted by Crippen LogP contribution is 2.39. The van der Waals surface area contributed by atoms with Crippen LogP contribution in [0.4, 0.5) is 5.69 Å². The van der Waals surface area contributed by atoms with E-state index in [2.05, 4.69) is 22.1 Å². The average molecular weight is 490 g/mol. The Morgan fingerprint density at radius 3 is 2.83 bits per heavy atom. The standard InChI is InChI=1S/C26H27N5O5/c1-3-6-22-31-12-5-11-30(31)20-9-8-17(13-21(20)36-22)16(2)28-25(34)23(32)24(33)26(35)29-14-18-7-4-10-27-19(18)15-29/h4-5,7-11,13,16,22-24,32-33H,12,14-15H2,1-2H3,(H,28,34)/t16-,22?,23-,24-/m1/s1. The molecule has 2 amide bonds. The summed E-state index contributed by atoms with van der Waals surface area (Å²) in [6.07, 6.45) is 1.37. The number of ether oxygens (including phenoxy) is 1. The van der Waals surface area contributed by atoms with Gasteiger partial charge in [0.05, 0.1) is 24.0 Å². The molecule has 0 fully saturated rings. The second-order valence-electron chi connectivity index (χ2n) is 8.87. The largest absolute Gasteiger partial charge is 0.460 e. The number of carbonyl (C=O) groups excluding carboxylic acids is 2. The molecule has 3 aliphatic heterocycles. The van der Waals surface area contributed by atoms with Gasteiger partial charge in [-0.2, -0.15) is 5.01 Å². The SMILES string of the molecule is CC#CC1Oc2cc([C@@H](C)NC(=O)[C@H](O)[C@@H](O)C(=O)N3Cc4cccnc4C3)ccc2N2C=CCN12. The lowest BCUT2D eigenvalue weighted by Gasteiger charge is -2.39. The molecule has 0 radical (unpaired) electrons. The lowest BCUT2D eigenvalue weighted by atomic mass is 10.1. The fourth-order valence-corrected chi connectivity index (χ4v) is 4.55. The summed E-state index contributed by atoms with van der Waals surface area (Å²) in [5, 5.41) is 27.5. The number of fused-ring (bicyclic) bond motifs is 4. The minimum atomic E-state index is -1.92. The molecular formula is C26H27N5O5. The fourth-order valence-electron chi connectivity index (χ4n) is 4.55. The van der Waals surface area contributed by atoms with Gasteiger partial charge in [0.15, 0.2) is 12.2 Å². The van der Waals surface area contributed by atoms with Gasteiger partial charge in [0, 0.05) is 25.5 Å². The van der Waals surface area contributed by atoms with E-state index >= 15 is 0 Å². The number of benzene rings is 1. The molecule has 10 nitrogen and oxygen atoms in total. The topological polar surface area (TPSA) is 118 Å². The summed E-state index contributed by atoms with van der Waals surface area (Å²) in [6.45, 7) is 4.68. The van der Waals surface area contributed by atoms with Crippen molar-refractivity contribution in [3.05, 3.63) is 65.6 Å². The Hall–Kier alpha value is -3.91. The third kappa shape index (κ3) is 4.28. The van der Waals surface area contributed by atoms with E-state index in [1.54, 1.807) is 26.1 Å². The van der Waals surface area contributed by atoms with Gasteiger partial charge in [0.25, 0.3) is 11.8 Å². The second-order valence-corrected chi connectivity index (χ2v) is 8.87. The number of rotatable bonds is 5. The Morgan fingerprint density at radius 1 is 1.22 bits per heavy atom. The number of amides is 2. The summed E-state index contributed by atoms with van der Waals surface area (Å²) in [5.41, 5.74) is 3.19. The number of aliphatic hydroxyl groups excluding tert-OH is 2. The Kier molecular flexibility index (Phi) is 6.36. The van der Waals surface area contributed by atoms with Gasteiger partial charge in [-0.05, 0) is 49.1 Å². The van der Waals surface area contributed by atoms with Gasteiger partial charge in [0.2, 0.25) is 6.23 Å². The lowest BCUT2D eigenvalue weighted by Crippen LogP contribution is -2.50. The highest BCUT2D eigenvalue weighted by Gasteiger charge is 2.37. The summed E-state index contributed by atoms with van der Waals surface area (Å²) in [5.74, 6) is 4.97. The van der Waals surface area contributed by atoms with Crippen molar-refractivity contribution in [2.45, 2.75) is 51.4 Å². The number of anilines is 1. The molecule has 1 aromatic carbocycles. The molecule has 0 bridgehead atoms. The highest BCUT2D eigenvalue weighted by molar-refractivity contribution is 5.91. The first-order chi connectivity index (χ1) is 17.4. The number of hydrogen-bond donors (Lipinski definition) is 3. The highest BCUT2D eigenvalue weighted by atomic mass is 16.5. The molecule has 5 rings (SSSR count). The second kappa shape index (κ2) is 9.62. The van der Waals surface area contributed by atoms with Crippen LogP contribution in [0.25, 0.3) is 0 Å². The van der Waals surface area contributed by atoms with Crippen molar-refractivity contribution in [3.63, 3.8) is 0 Å². The van der Waals surface area contributed by atoms with E-state index in [0.29, 0.717) is 12.3 Å². The van der Waals surface area contributed by atoms with Crippen LogP contribution >= 0.6 is 0 Å². The van der Waals surface area contributed by atoms with E-state index in [-0.39, 0.29) is 13.1 Å². The zero-order valence-electron chi connectivity index (χ0n) is 20.0. The van der Waals surface area contributed by atoms with Crippen LogP contribution in [0, 0.1) is 11.8 Å². The first-order valence-corrected chi connectivity index (χ1v) is 11.7. The van der Waals surface area contributed by atoms with Crippen LogP contribution in [0.15, 0.2) is 48.8 Å². The Morgan fingerprint density at radius 2 is 2.06 bits per heavy atom. The van der Waals surface area contributed by atoms with Gasteiger partial charge in [-0.1, -0.05) is 18.2 Å². The van der Waals surface area contributed by atoms with Crippen LogP contribution in [-0.2, 0) is 22.7 Å². The molecule has 36 heavy (non-hydrogen) atoms. The van der Waals surface area contributed by atoms with E-state index in [4.69, 9.17) is 4.74 Å². The summed E-state index contributed by atoms with van der Waals surface area (Å²) >= 11 is 0. The van der Waals surface area contributed by atoms with Crippen molar-refractivity contribution in [2.75, 3.05) is 11.6 Å². The van der Waals surface area contributed by atoms with Crippen LogP contribution in [0.1, 0.15) is 36.7 Å². The van der Waals surface area contributed by atoms with Crippen molar-refractivity contribution >= 4 is 17.5 Å². The third-order valence-electron chi connectivity index (χ3n) is 6.50. The molecule has 186 valence electrons. The minimum Gasteiger partial charge on any atom is -0.460 e. The summed E-state index contributed by atoms with van der Waals surface area (Å²) in [7, 11) is 0. The Balaban J connectivity index is 1.24. The summed E-state index contributed by atoms with van der Waals surface area (Å²) in [4.78, 5) is 31.0. The molecule has 3 N–H and O–H groups in total. The van der Waals surface area contributed by atoms with Crippen molar-refractivity contribution in [1.29, 1.82) is 0 Å². The number of nitrogens with one attached hydrogen (secondary N) is 1. The number of carbonyl (C=O) groups is 2. The van der Waals surface area contributed by atoms with E-state index in [9.17, 15) is 19.8 Å². The first kappa shape index (κ1) is 23.8. The number of aliphatic hydroxyl groups is 2. The number of aromatic nitrogens is 1. The quantitative estimate of drug-likeness (QED) is 0.529. The average Bonchev–Trinajstić information content (AvgIpc) is 3.55. The Labute approximate surface area is 208 Å². The van der Waals surface area contributed by atoms with Gasteiger partial charge in [-0.3, -0.25) is 19.6 Å². The smallest absolute Gasteiger partial charge is 0.255 e. The maximum atomic E-state index is 12.7. The maximum Gasteiger partial charge on any atom is 0.255 e. The van der Waals surface area contributed by atoms with E-state index in [0.717, 1.165) is 22.5 Å². The molecule has 3 aliphatic rings. The van der Waals surface area contributed by atoms with Crippen molar-refractivity contribution in [1.82, 2.24) is 20.2 Å². The molecule has 0 aliphatic carbocycles. The van der Waals surface area contributed by atoms with Crippen LogP contribution in [0.3, 0.4) is 0 Å². The molecule has 0 saturated carbocycles. The van der Waals surface area contributed by atoms with Gasteiger partial charge in [-0.15, -0.1) is 5.92 Å². The molecule has 4 heterocycles. The third-order valence-corrected chi connectivity index (χ3v) is 6.50. The van der Waals surface area contributed by atoms with Gasteiger partial charge >= 0.3 is 0 Å². The first-order valence-electron chi connectivity index (χ1n) is 11.7. The van der Waals surface area contributed by atoms with Crippen LogP contribution < -0.4 is 15.1 Å². The summed E-state index contributed by atoms with van der Waals surface area (Å²) in [6, 6.07) is 8.66. The number of pyridine rings is 1. The van der Waals surface area contributed by atoms with E-state index in [1.807, 2.05) is 46.6 Å². The van der Waals surface area contributed by atoms with Crippen molar-refractivity contribution in [2.24, 2.45) is 0 Å². The van der Waals surface area contributed by atoms with E-state index in [1.165, 1.54) is 4.90 Å². The molecule has 4 atom stereocenters. The zero-order chi connectivity index (χ0) is 25.4. The lowest BCUT2D eigenvalue weighted by molar-refractivity contribution is -0.153. The molecule has 0 saturated heterocycles. The van der Waals surface area contributed by atoms with Crippen LogP contribution in [0.2, 0.25) is 0 Å². The zero-order valence-corrected chi connectivity index (χ0v) is 20.0. The maximum absolute atomic E-state index is 12.7. The van der Waals surface area contributed by atoms with Crippen molar-refractivity contribution < 1.29 is 24.5 Å². The predicted octanol–water partition coefficient (Wildman–Crippen LogP) is 0.815. The molecule has 1 aromatic heterocycles. The minimum absolute atomic E-state index is 0.221. The van der Waals surface area contributed by atoms with Crippen LogP contribution in [0.5, 0.6) is 5.75 Å². The molecular weight excluding hydrogens is 462 g/mol. The predicted molar refractivity (Wildman–Crippen MR) is 130 cm³/mol. The number of nitrogens with zero attached hydrogens (tertiary/aromatic N) is 4. The summed E-state index contributed by atoms with van der Waals surface area (Å²) < 4.78 is 6.10. The van der Waals surface area contributed by atoms with Gasteiger partial charge in [0.1, 0.15) is 5.75 Å². The normalized spacial score (nSPS) is 20.3. The monoisotopic (exact) mass is 489 g/mol. The molecule has 1 unspecified atom stereocenters. The van der Waals surface area contributed by atoms with E-state index < -0.39 is 36.3 Å². The number of hydrazine groups is 1. The van der Waals surface area contributed by atoms with Gasteiger partial charge in [-0.25, -0.2) is 0 Å².